The molecule has 1 aromatic carbocycles. The first-order chi connectivity index (χ1) is 17.5. The van der Waals surface area contributed by atoms with Crippen molar-refractivity contribution in [1.82, 2.24) is 35.0 Å². The maximum absolute atomic E-state index is 11.8. The Morgan fingerprint density at radius 3 is 2.75 bits per heavy atom. The van der Waals surface area contributed by atoms with Crippen LogP contribution >= 0.6 is 11.3 Å². The monoisotopic (exact) mass is 493 g/mol. The summed E-state index contributed by atoms with van der Waals surface area (Å²) in [6.45, 7) is 2.41. The molecule has 36 heavy (non-hydrogen) atoms. The summed E-state index contributed by atoms with van der Waals surface area (Å²) in [6, 6.07) is 14.1. The smallest absolute Gasteiger partial charge is 0.178 e. The van der Waals surface area contributed by atoms with Gasteiger partial charge in [-0.3, -0.25) is 14.9 Å². The number of ketones is 1. The average molecular weight is 494 g/mol. The lowest BCUT2D eigenvalue weighted by atomic mass is 10.0. The van der Waals surface area contributed by atoms with E-state index in [1.165, 1.54) is 11.3 Å². The summed E-state index contributed by atoms with van der Waals surface area (Å²) < 4.78 is 0. The number of aromatic nitrogens is 6. The van der Waals surface area contributed by atoms with E-state index in [2.05, 4.69) is 48.2 Å². The number of rotatable bonds is 6. The van der Waals surface area contributed by atoms with Crippen LogP contribution in [0.25, 0.3) is 55.2 Å². The number of H-pyrrole nitrogens is 2. The van der Waals surface area contributed by atoms with Gasteiger partial charge >= 0.3 is 0 Å². The number of imidazole rings is 1. The molecule has 0 saturated heterocycles. The summed E-state index contributed by atoms with van der Waals surface area (Å²) in [6.07, 6.45) is 5.52. The number of benzene rings is 1. The normalized spacial score (nSPS) is 11.7. The minimum Gasteiger partial charge on any atom is -0.335 e. The Labute approximate surface area is 211 Å². The second-order valence-corrected chi connectivity index (χ2v) is 10.1. The lowest BCUT2D eigenvalue weighted by molar-refractivity contribution is 0.102. The van der Waals surface area contributed by atoms with Crippen LogP contribution in [0.4, 0.5) is 0 Å². The Morgan fingerprint density at radius 1 is 1.06 bits per heavy atom. The topological polar surface area (TPSA) is 103 Å². The molecular weight excluding hydrogens is 470 g/mol. The number of pyridine rings is 2. The zero-order valence-electron chi connectivity index (χ0n) is 20.0. The van der Waals surface area contributed by atoms with Crippen LogP contribution in [-0.4, -0.2) is 54.9 Å². The van der Waals surface area contributed by atoms with E-state index in [4.69, 9.17) is 4.98 Å². The van der Waals surface area contributed by atoms with Crippen molar-refractivity contribution in [2.24, 2.45) is 0 Å². The lowest BCUT2D eigenvalue weighted by Gasteiger charge is -2.10. The fourth-order valence-electron chi connectivity index (χ4n) is 4.37. The molecule has 2 N–H and O–H groups in total. The molecule has 0 aliphatic rings. The number of thiophene rings is 1. The van der Waals surface area contributed by atoms with Crippen molar-refractivity contribution < 1.29 is 4.79 Å². The molecule has 0 aliphatic carbocycles. The van der Waals surface area contributed by atoms with Crippen molar-refractivity contribution in [3.8, 4) is 33.1 Å². The summed E-state index contributed by atoms with van der Waals surface area (Å²) in [5, 5.41) is 8.65. The second-order valence-electron chi connectivity index (χ2n) is 9.01. The summed E-state index contributed by atoms with van der Waals surface area (Å²) in [7, 11) is 4.09. The lowest BCUT2D eigenvalue weighted by Crippen LogP contribution is -2.10. The number of carbonyl (C=O) groups is 1. The Balaban J connectivity index is 1.43. The molecule has 0 amide bonds. The van der Waals surface area contributed by atoms with Crippen LogP contribution in [0.15, 0.2) is 61.1 Å². The van der Waals surface area contributed by atoms with Gasteiger partial charge in [0.15, 0.2) is 17.3 Å². The maximum Gasteiger partial charge on any atom is 0.178 e. The van der Waals surface area contributed by atoms with Crippen molar-refractivity contribution in [3.63, 3.8) is 0 Å². The van der Waals surface area contributed by atoms with E-state index in [9.17, 15) is 4.79 Å². The third-order valence-corrected chi connectivity index (χ3v) is 7.24. The van der Waals surface area contributed by atoms with Crippen LogP contribution in [0.3, 0.4) is 0 Å². The van der Waals surface area contributed by atoms with Crippen molar-refractivity contribution in [2.75, 3.05) is 14.1 Å². The molecule has 0 saturated carbocycles. The van der Waals surface area contributed by atoms with Gasteiger partial charge in [0, 0.05) is 46.5 Å². The molecule has 9 heteroatoms. The second kappa shape index (κ2) is 8.78. The number of nitrogens with zero attached hydrogens (tertiary/aromatic N) is 5. The highest BCUT2D eigenvalue weighted by Crippen LogP contribution is 2.35. The zero-order valence-corrected chi connectivity index (χ0v) is 20.8. The number of nitrogens with one attached hydrogen (secondary N) is 2. The molecule has 0 atom stereocenters. The van der Waals surface area contributed by atoms with Gasteiger partial charge in [-0.05, 0) is 68.5 Å². The van der Waals surface area contributed by atoms with Gasteiger partial charge in [0.2, 0.25) is 0 Å². The molecule has 6 aromatic rings. The van der Waals surface area contributed by atoms with E-state index in [0.717, 1.165) is 60.7 Å². The van der Waals surface area contributed by atoms with Gasteiger partial charge in [-0.2, -0.15) is 5.10 Å². The highest BCUT2D eigenvalue weighted by atomic mass is 32.1. The largest absolute Gasteiger partial charge is 0.335 e. The molecular formula is C27H23N7OS. The van der Waals surface area contributed by atoms with Crippen molar-refractivity contribution in [2.45, 2.75) is 13.5 Å². The molecule has 5 aromatic heterocycles. The first-order valence-electron chi connectivity index (χ1n) is 11.5. The number of hydrogen-bond donors (Lipinski definition) is 2. The number of hydrogen-bond acceptors (Lipinski definition) is 7. The van der Waals surface area contributed by atoms with E-state index < -0.39 is 0 Å². The highest BCUT2D eigenvalue weighted by molar-refractivity contribution is 7.17. The fraction of sp³-hybridized carbons (Fsp3) is 0.148. The van der Waals surface area contributed by atoms with Gasteiger partial charge in [0.05, 0.1) is 15.9 Å². The molecule has 8 nitrogen and oxygen atoms in total. The summed E-state index contributed by atoms with van der Waals surface area (Å²) >= 11 is 1.47. The van der Waals surface area contributed by atoms with E-state index in [0.29, 0.717) is 11.5 Å². The molecule has 5 heterocycles. The SMILES string of the molecule is CC(=O)c1ccc(-c2ccnc3nc(-c4n[nH]c5ccc(-c6cncc(CN(C)C)c6)cc45)[nH]c23)s1. The minimum absolute atomic E-state index is 0.0584. The van der Waals surface area contributed by atoms with E-state index >= 15 is 0 Å². The minimum atomic E-state index is 0.0584. The van der Waals surface area contributed by atoms with Gasteiger partial charge in [-0.1, -0.05) is 6.07 Å². The van der Waals surface area contributed by atoms with E-state index in [1.54, 1.807) is 13.1 Å². The average Bonchev–Trinajstić information content (AvgIpc) is 3.60. The van der Waals surface area contributed by atoms with Gasteiger partial charge in [0.25, 0.3) is 0 Å². The van der Waals surface area contributed by atoms with Gasteiger partial charge < -0.3 is 9.88 Å². The van der Waals surface area contributed by atoms with Crippen LogP contribution < -0.4 is 0 Å². The number of aromatic amines is 2. The summed E-state index contributed by atoms with van der Waals surface area (Å²) in [4.78, 5) is 32.7. The third kappa shape index (κ3) is 3.98. The molecule has 0 spiro atoms. The Bertz CT molecular complexity index is 1740. The van der Waals surface area contributed by atoms with Crippen LogP contribution in [0.5, 0.6) is 0 Å². The third-order valence-electron chi connectivity index (χ3n) is 6.02. The van der Waals surface area contributed by atoms with Crippen LogP contribution in [0.1, 0.15) is 22.2 Å². The molecule has 6 rings (SSSR count). The molecule has 0 fully saturated rings. The Kier molecular flexibility index (Phi) is 5.43. The quantitative estimate of drug-likeness (QED) is 0.295. The van der Waals surface area contributed by atoms with E-state index in [1.807, 2.05) is 50.8 Å². The van der Waals surface area contributed by atoms with Crippen molar-refractivity contribution in [3.05, 3.63) is 71.5 Å². The number of fused-ring (bicyclic) bond motifs is 2. The Hall–Kier alpha value is -4.21. The molecule has 178 valence electrons. The fourth-order valence-corrected chi connectivity index (χ4v) is 5.30. The highest BCUT2D eigenvalue weighted by Gasteiger charge is 2.17. The number of Topliss-reactive ketones (excluding diaryl/α,β-unsaturated/α-hetero) is 1. The Morgan fingerprint density at radius 2 is 1.94 bits per heavy atom. The van der Waals surface area contributed by atoms with Crippen molar-refractivity contribution >= 4 is 39.2 Å². The van der Waals surface area contributed by atoms with Crippen LogP contribution in [0, 0.1) is 0 Å². The molecule has 0 radical (unpaired) electrons. The standard InChI is InChI=1S/C27H23N7OS/c1-15(35)22-6-7-23(36-22)19-8-9-29-26-24(19)30-27(31-26)25-20-11-17(4-5-21(20)32-33-25)18-10-16(12-28-13-18)14-34(2)3/h4-13H,14H2,1-3H3,(H,32,33)(H,29,30,31). The summed E-state index contributed by atoms with van der Waals surface area (Å²) in [5.74, 6) is 0.694. The number of carbonyl (C=O) groups excluding carboxylic acids is 1. The van der Waals surface area contributed by atoms with Gasteiger partial charge in [-0.15, -0.1) is 11.3 Å². The molecule has 0 bridgehead atoms. The molecule has 0 aliphatic heterocycles. The predicted octanol–water partition coefficient (Wildman–Crippen LogP) is 5.56. The maximum atomic E-state index is 11.8. The first kappa shape index (κ1) is 22.3. The van der Waals surface area contributed by atoms with Crippen LogP contribution in [0.2, 0.25) is 0 Å². The molecule has 0 unspecified atom stereocenters. The van der Waals surface area contributed by atoms with Crippen molar-refractivity contribution in [1.29, 1.82) is 0 Å². The van der Waals surface area contributed by atoms with E-state index in [-0.39, 0.29) is 5.78 Å². The van der Waals surface area contributed by atoms with Crippen LogP contribution in [-0.2, 0) is 6.54 Å². The summed E-state index contributed by atoms with van der Waals surface area (Å²) in [5.41, 5.74) is 7.29. The first-order valence-corrected chi connectivity index (χ1v) is 12.3. The van der Waals surface area contributed by atoms with Gasteiger partial charge in [0.1, 0.15) is 5.69 Å². The predicted molar refractivity (Wildman–Crippen MR) is 143 cm³/mol. The van der Waals surface area contributed by atoms with Gasteiger partial charge in [-0.25, -0.2) is 9.97 Å². The zero-order chi connectivity index (χ0) is 24.8.